The molecule has 0 fully saturated rings. The lowest BCUT2D eigenvalue weighted by molar-refractivity contribution is 0.868. The Morgan fingerprint density at radius 2 is 2.00 bits per heavy atom. The first-order valence-electron chi connectivity index (χ1n) is 5.23. The van der Waals surface area contributed by atoms with Crippen molar-refractivity contribution in [1.82, 2.24) is 4.98 Å². The van der Waals surface area contributed by atoms with Crippen molar-refractivity contribution in [3.05, 3.63) is 48.3 Å². The van der Waals surface area contributed by atoms with Crippen LogP contribution in [0, 0.1) is 0 Å². The van der Waals surface area contributed by atoms with E-state index >= 15 is 0 Å². The average Bonchev–Trinajstić information content (AvgIpc) is 2.27. The van der Waals surface area contributed by atoms with Crippen molar-refractivity contribution in [3.63, 3.8) is 0 Å². The van der Waals surface area contributed by atoms with Gasteiger partial charge in [-0.1, -0.05) is 38.6 Å². The van der Waals surface area contributed by atoms with E-state index in [2.05, 4.69) is 49.7 Å². The summed E-state index contributed by atoms with van der Waals surface area (Å²) in [5.74, 6) is 0.565. The molecule has 2 rings (SSSR count). The van der Waals surface area contributed by atoms with E-state index in [4.69, 9.17) is 0 Å². The van der Waals surface area contributed by atoms with E-state index < -0.39 is 0 Å². The van der Waals surface area contributed by atoms with Crippen LogP contribution in [0.4, 0.5) is 0 Å². The Balaban J connectivity index is 2.62. The van der Waals surface area contributed by atoms with Crippen molar-refractivity contribution < 1.29 is 0 Å². The zero-order chi connectivity index (χ0) is 10.8. The van der Waals surface area contributed by atoms with E-state index in [1.807, 2.05) is 6.20 Å². The maximum atomic E-state index is 4.28. The van der Waals surface area contributed by atoms with E-state index in [1.165, 1.54) is 16.3 Å². The number of aromatic nitrogens is 1. The Hall–Kier alpha value is -1.63. The Bertz CT molecular complexity index is 498. The fourth-order valence-electron chi connectivity index (χ4n) is 1.65. The summed E-state index contributed by atoms with van der Waals surface area (Å²) >= 11 is 0. The zero-order valence-electron chi connectivity index (χ0n) is 9.20. The Labute approximate surface area is 90.5 Å². The van der Waals surface area contributed by atoms with Crippen molar-refractivity contribution >= 4 is 16.8 Å². The largest absolute Gasteiger partial charge is 0.256 e. The second-order valence-corrected chi connectivity index (χ2v) is 4.07. The lowest BCUT2D eigenvalue weighted by Crippen LogP contribution is -1.88. The second-order valence-electron chi connectivity index (χ2n) is 4.07. The highest BCUT2D eigenvalue weighted by Gasteiger charge is 2.01. The smallest absolute Gasteiger partial charge is 0.0630 e. The molecule has 1 aromatic carbocycles. The fourth-order valence-corrected chi connectivity index (χ4v) is 1.65. The molecule has 0 saturated carbocycles. The Morgan fingerprint density at radius 1 is 1.20 bits per heavy atom. The van der Waals surface area contributed by atoms with E-state index in [0.29, 0.717) is 5.92 Å². The summed E-state index contributed by atoms with van der Waals surface area (Å²) in [6.07, 6.45) is 3.68. The minimum absolute atomic E-state index is 0.565. The summed E-state index contributed by atoms with van der Waals surface area (Å²) in [5.41, 5.74) is 2.30. The average molecular weight is 197 g/mol. The third kappa shape index (κ3) is 1.91. The molecule has 0 aliphatic heterocycles. The summed E-state index contributed by atoms with van der Waals surface area (Å²) in [5, 5.41) is 2.43. The van der Waals surface area contributed by atoms with Gasteiger partial charge in [0, 0.05) is 11.6 Å². The molecule has 2 aromatic rings. The molecule has 1 nitrogen and oxygen atoms in total. The van der Waals surface area contributed by atoms with Crippen LogP contribution in [0.5, 0.6) is 0 Å². The minimum atomic E-state index is 0.565. The van der Waals surface area contributed by atoms with E-state index in [9.17, 15) is 0 Å². The third-order valence-electron chi connectivity index (χ3n) is 2.64. The van der Waals surface area contributed by atoms with Crippen molar-refractivity contribution in [1.29, 1.82) is 0 Å². The molecule has 0 N–H and O–H groups in total. The van der Waals surface area contributed by atoms with Gasteiger partial charge in [0.25, 0.3) is 0 Å². The van der Waals surface area contributed by atoms with Gasteiger partial charge in [-0.05, 0) is 29.0 Å². The number of hydrogen-bond donors (Lipinski definition) is 0. The quantitative estimate of drug-likeness (QED) is 0.709. The number of benzene rings is 1. The molecule has 0 saturated heterocycles. The maximum absolute atomic E-state index is 4.28. The number of rotatable bonds is 2. The van der Waals surface area contributed by atoms with Gasteiger partial charge in [0.05, 0.1) is 5.69 Å². The molecule has 0 bridgehead atoms. The predicted octanol–water partition coefficient (Wildman–Crippen LogP) is 4.00. The lowest BCUT2D eigenvalue weighted by atomic mass is 10.00. The molecule has 1 aromatic heterocycles. The van der Waals surface area contributed by atoms with Gasteiger partial charge in [0.1, 0.15) is 0 Å². The summed E-state index contributed by atoms with van der Waals surface area (Å²) in [4.78, 5) is 4.28. The van der Waals surface area contributed by atoms with Gasteiger partial charge < -0.3 is 0 Å². The summed E-state index contributed by atoms with van der Waals surface area (Å²) in [6.45, 7) is 8.14. The van der Waals surface area contributed by atoms with E-state index in [1.54, 1.807) is 6.08 Å². The van der Waals surface area contributed by atoms with Crippen LogP contribution in [0.1, 0.15) is 31.0 Å². The molecule has 0 radical (unpaired) electrons. The molecule has 76 valence electrons. The highest BCUT2D eigenvalue weighted by Crippen LogP contribution is 2.21. The monoisotopic (exact) mass is 197 g/mol. The summed E-state index contributed by atoms with van der Waals surface area (Å²) in [7, 11) is 0. The Morgan fingerprint density at radius 3 is 2.67 bits per heavy atom. The van der Waals surface area contributed by atoms with Crippen LogP contribution in [0.25, 0.3) is 16.8 Å². The van der Waals surface area contributed by atoms with Gasteiger partial charge in [-0.25, -0.2) is 0 Å². The normalized spacial score (nSPS) is 10.9. The van der Waals surface area contributed by atoms with Crippen molar-refractivity contribution in [2.75, 3.05) is 0 Å². The van der Waals surface area contributed by atoms with E-state index in [-0.39, 0.29) is 0 Å². The molecular formula is C14H15N. The van der Waals surface area contributed by atoms with Crippen LogP contribution in [-0.4, -0.2) is 4.98 Å². The van der Waals surface area contributed by atoms with Crippen LogP contribution in [-0.2, 0) is 0 Å². The standard InChI is InChI=1S/C14H15N/c1-4-14-8-13-7-11(10(2)3)5-6-12(13)9-15-14/h4-10H,1H2,2-3H3. The molecule has 0 unspecified atom stereocenters. The van der Waals surface area contributed by atoms with Crippen molar-refractivity contribution in [3.8, 4) is 0 Å². The van der Waals surface area contributed by atoms with Gasteiger partial charge in [0.15, 0.2) is 0 Å². The van der Waals surface area contributed by atoms with Gasteiger partial charge in [-0.2, -0.15) is 0 Å². The molecule has 0 aliphatic rings. The van der Waals surface area contributed by atoms with Gasteiger partial charge in [-0.3, -0.25) is 4.98 Å². The maximum Gasteiger partial charge on any atom is 0.0630 e. The zero-order valence-corrected chi connectivity index (χ0v) is 9.20. The van der Waals surface area contributed by atoms with Crippen LogP contribution in [0.15, 0.2) is 37.0 Å². The van der Waals surface area contributed by atoms with Gasteiger partial charge >= 0.3 is 0 Å². The first-order chi connectivity index (χ1) is 7.20. The highest BCUT2D eigenvalue weighted by molar-refractivity contribution is 5.83. The molecular weight excluding hydrogens is 182 g/mol. The molecule has 1 heterocycles. The molecule has 0 spiro atoms. The molecule has 0 amide bonds. The fraction of sp³-hybridized carbons (Fsp3) is 0.214. The first kappa shape index (κ1) is 9.91. The van der Waals surface area contributed by atoms with Gasteiger partial charge in [-0.15, -0.1) is 0 Å². The van der Waals surface area contributed by atoms with Crippen LogP contribution < -0.4 is 0 Å². The molecule has 15 heavy (non-hydrogen) atoms. The summed E-state index contributed by atoms with van der Waals surface area (Å²) in [6, 6.07) is 8.61. The third-order valence-corrected chi connectivity index (χ3v) is 2.64. The number of fused-ring (bicyclic) bond motifs is 1. The minimum Gasteiger partial charge on any atom is -0.256 e. The number of nitrogens with zero attached hydrogens (tertiary/aromatic N) is 1. The van der Waals surface area contributed by atoms with E-state index in [0.717, 1.165) is 5.69 Å². The highest BCUT2D eigenvalue weighted by atomic mass is 14.7. The molecule has 0 aliphatic carbocycles. The first-order valence-corrected chi connectivity index (χ1v) is 5.23. The van der Waals surface area contributed by atoms with Crippen molar-refractivity contribution in [2.45, 2.75) is 19.8 Å². The topological polar surface area (TPSA) is 12.9 Å². The van der Waals surface area contributed by atoms with Gasteiger partial charge in [0.2, 0.25) is 0 Å². The van der Waals surface area contributed by atoms with Crippen molar-refractivity contribution in [2.24, 2.45) is 0 Å². The second kappa shape index (κ2) is 3.85. The lowest BCUT2D eigenvalue weighted by Gasteiger charge is -2.06. The molecule has 1 heteroatoms. The molecule has 0 atom stereocenters. The van der Waals surface area contributed by atoms with Crippen LogP contribution in [0.2, 0.25) is 0 Å². The van der Waals surface area contributed by atoms with Crippen LogP contribution in [0.3, 0.4) is 0 Å². The SMILES string of the molecule is C=Cc1cc2cc(C(C)C)ccc2cn1. The Kier molecular flexibility index (Phi) is 2.55. The number of pyridine rings is 1. The van der Waals surface area contributed by atoms with Crippen LogP contribution >= 0.6 is 0 Å². The number of hydrogen-bond acceptors (Lipinski definition) is 1. The predicted molar refractivity (Wildman–Crippen MR) is 65.9 cm³/mol. The summed E-state index contributed by atoms with van der Waals surface area (Å²) < 4.78 is 0.